The third-order valence-corrected chi connectivity index (χ3v) is 2.73. The Morgan fingerprint density at radius 2 is 2.14 bits per heavy atom. The van der Waals surface area contributed by atoms with E-state index in [2.05, 4.69) is 31.0 Å². The van der Waals surface area contributed by atoms with E-state index < -0.39 is 0 Å². The summed E-state index contributed by atoms with van der Waals surface area (Å²) < 4.78 is 2.50. The van der Waals surface area contributed by atoms with Crippen LogP contribution in [0.4, 0.5) is 0 Å². The first-order valence-electron chi connectivity index (χ1n) is 4.15. The highest BCUT2D eigenvalue weighted by Gasteiger charge is 2.14. The van der Waals surface area contributed by atoms with Gasteiger partial charge in [-0.25, -0.2) is 14.6 Å². The fourth-order valence-electron chi connectivity index (χ4n) is 1.26. The summed E-state index contributed by atoms with van der Waals surface area (Å²) in [6.07, 6.45) is 1.44. The molecule has 0 saturated heterocycles. The van der Waals surface area contributed by atoms with Crippen molar-refractivity contribution in [2.45, 2.75) is 19.9 Å². The maximum atomic E-state index is 5.95. The highest BCUT2D eigenvalue weighted by Crippen LogP contribution is 2.28. The normalized spacial score (nSPS) is 11.5. The highest BCUT2D eigenvalue weighted by molar-refractivity contribution is 9.10. The van der Waals surface area contributed by atoms with E-state index in [1.807, 2.05) is 18.5 Å². The molecule has 14 heavy (non-hydrogen) atoms. The van der Waals surface area contributed by atoms with Gasteiger partial charge >= 0.3 is 0 Å². The third-order valence-electron chi connectivity index (χ3n) is 1.89. The van der Waals surface area contributed by atoms with Gasteiger partial charge in [0.05, 0.1) is 5.39 Å². The second-order valence-electron chi connectivity index (χ2n) is 3.19. The van der Waals surface area contributed by atoms with Crippen LogP contribution in [0.1, 0.15) is 19.9 Å². The van der Waals surface area contributed by atoms with Gasteiger partial charge in [0.15, 0.2) is 5.65 Å². The number of rotatable bonds is 1. The van der Waals surface area contributed by atoms with Crippen LogP contribution >= 0.6 is 27.5 Å². The third kappa shape index (κ3) is 1.40. The first-order chi connectivity index (χ1) is 6.61. The van der Waals surface area contributed by atoms with Crippen LogP contribution in [0.5, 0.6) is 0 Å². The summed E-state index contributed by atoms with van der Waals surface area (Å²) in [5.41, 5.74) is 0.756. The maximum absolute atomic E-state index is 5.95. The van der Waals surface area contributed by atoms with Crippen molar-refractivity contribution in [1.29, 1.82) is 0 Å². The van der Waals surface area contributed by atoms with Crippen LogP contribution in [0.2, 0.25) is 5.15 Å². The van der Waals surface area contributed by atoms with Gasteiger partial charge in [0, 0.05) is 6.04 Å². The van der Waals surface area contributed by atoms with E-state index in [9.17, 15) is 0 Å². The maximum Gasteiger partial charge on any atom is 0.164 e. The molecule has 2 aromatic heterocycles. The highest BCUT2D eigenvalue weighted by atomic mass is 79.9. The fourth-order valence-corrected chi connectivity index (χ4v) is 2.13. The lowest BCUT2D eigenvalue weighted by Crippen LogP contribution is -2.03. The number of hydrogen-bond acceptors (Lipinski definition) is 3. The summed E-state index contributed by atoms with van der Waals surface area (Å²) in [5.74, 6) is 0. The molecule has 2 rings (SSSR count). The Balaban J connectivity index is 2.84. The Hall–Kier alpha value is -0.680. The van der Waals surface area contributed by atoms with Crippen molar-refractivity contribution in [2.75, 3.05) is 0 Å². The van der Waals surface area contributed by atoms with E-state index >= 15 is 0 Å². The van der Waals surface area contributed by atoms with Crippen LogP contribution < -0.4 is 0 Å². The average molecular weight is 276 g/mol. The van der Waals surface area contributed by atoms with Crippen LogP contribution in [0.3, 0.4) is 0 Å². The first-order valence-corrected chi connectivity index (χ1v) is 5.32. The zero-order valence-electron chi connectivity index (χ0n) is 7.70. The van der Waals surface area contributed by atoms with Crippen molar-refractivity contribution in [2.24, 2.45) is 0 Å². The summed E-state index contributed by atoms with van der Waals surface area (Å²) >= 11 is 9.29. The molecular formula is C8H8BrClN4. The Morgan fingerprint density at radius 1 is 1.43 bits per heavy atom. The summed E-state index contributed by atoms with van der Waals surface area (Å²) in [4.78, 5) is 8.07. The number of aromatic nitrogens is 4. The van der Waals surface area contributed by atoms with Gasteiger partial charge < -0.3 is 0 Å². The molecule has 0 aliphatic rings. The van der Waals surface area contributed by atoms with E-state index in [0.717, 1.165) is 11.0 Å². The van der Waals surface area contributed by atoms with Gasteiger partial charge in [0.1, 0.15) is 16.1 Å². The number of fused-ring (bicyclic) bond motifs is 1. The number of nitrogens with zero attached hydrogens (tertiary/aromatic N) is 4. The van der Waals surface area contributed by atoms with E-state index in [4.69, 9.17) is 11.6 Å². The Bertz CT molecular complexity index is 479. The standard InChI is InChI=1S/C8H8BrClN4/c1-4(2)14-8-5(6(9)13-14)7(10)11-3-12-8/h3-4H,1-2H3. The van der Waals surface area contributed by atoms with E-state index in [-0.39, 0.29) is 6.04 Å². The average Bonchev–Trinajstić information content (AvgIpc) is 2.45. The van der Waals surface area contributed by atoms with Gasteiger partial charge in [-0.3, -0.25) is 0 Å². The Kier molecular flexibility index (Phi) is 2.45. The van der Waals surface area contributed by atoms with Crippen molar-refractivity contribution in [1.82, 2.24) is 19.7 Å². The largest absolute Gasteiger partial charge is 0.243 e. The van der Waals surface area contributed by atoms with Crippen molar-refractivity contribution < 1.29 is 0 Å². The Labute approximate surface area is 94.4 Å². The summed E-state index contributed by atoms with van der Waals surface area (Å²) in [5, 5.41) is 5.49. The summed E-state index contributed by atoms with van der Waals surface area (Å²) in [7, 11) is 0. The van der Waals surface area contributed by atoms with E-state index in [1.54, 1.807) is 0 Å². The Morgan fingerprint density at radius 3 is 2.79 bits per heavy atom. The molecule has 0 saturated carbocycles. The predicted molar refractivity (Wildman–Crippen MR) is 58.4 cm³/mol. The quantitative estimate of drug-likeness (QED) is 0.752. The van der Waals surface area contributed by atoms with Crippen molar-refractivity contribution in [3.8, 4) is 0 Å². The van der Waals surface area contributed by atoms with Crippen LogP contribution in [0, 0.1) is 0 Å². The van der Waals surface area contributed by atoms with Gasteiger partial charge in [0.25, 0.3) is 0 Å². The molecule has 0 fully saturated rings. The minimum absolute atomic E-state index is 0.245. The second kappa shape index (κ2) is 3.47. The molecule has 2 heterocycles. The first kappa shape index (κ1) is 9.86. The number of halogens is 2. The molecule has 0 amide bonds. The molecule has 2 aromatic rings. The van der Waals surface area contributed by atoms with Gasteiger partial charge in [0.2, 0.25) is 0 Å². The summed E-state index contributed by atoms with van der Waals surface area (Å²) in [6.45, 7) is 4.07. The molecule has 0 unspecified atom stereocenters. The molecule has 0 N–H and O–H groups in total. The van der Waals surface area contributed by atoms with Gasteiger partial charge in [-0.1, -0.05) is 11.6 Å². The molecule has 74 valence electrons. The van der Waals surface area contributed by atoms with Gasteiger partial charge in [-0.05, 0) is 29.8 Å². The van der Waals surface area contributed by atoms with Gasteiger partial charge in [-0.15, -0.1) is 0 Å². The van der Waals surface area contributed by atoms with Crippen molar-refractivity contribution in [3.05, 3.63) is 16.1 Å². The lowest BCUT2D eigenvalue weighted by atomic mass is 10.4. The molecule has 0 aromatic carbocycles. The van der Waals surface area contributed by atoms with E-state index in [1.165, 1.54) is 6.33 Å². The molecule has 0 radical (unpaired) electrons. The molecule has 4 nitrogen and oxygen atoms in total. The second-order valence-corrected chi connectivity index (χ2v) is 4.30. The smallest absolute Gasteiger partial charge is 0.164 e. The van der Waals surface area contributed by atoms with Crippen LogP contribution in [0.25, 0.3) is 11.0 Å². The predicted octanol–water partition coefficient (Wildman–Crippen LogP) is 2.82. The van der Waals surface area contributed by atoms with Crippen molar-refractivity contribution in [3.63, 3.8) is 0 Å². The zero-order valence-corrected chi connectivity index (χ0v) is 10.0. The topological polar surface area (TPSA) is 43.6 Å². The van der Waals surface area contributed by atoms with E-state index in [0.29, 0.717) is 9.76 Å². The minimum Gasteiger partial charge on any atom is -0.243 e. The van der Waals surface area contributed by atoms with Crippen molar-refractivity contribution >= 4 is 38.6 Å². The van der Waals surface area contributed by atoms with Crippen LogP contribution in [-0.2, 0) is 0 Å². The van der Waals surface area contributed by atoms with Gasteiger partial charge in [-0.2, -0.15) is 5.10 Å². The SMILES string of the molecule is CC(C)n1nc(Br)c2c(Cl)ncnc21. The molecular weight excluding hydrogens is 267 g/mol. The molecule has 0 aliphatic heterocycles. The fraction of sp³-hybridized carbons (Fsp3) is 0.375. The lowest BCUT2D eigenvalue weighted by Gasteiger charge is -2.04. The molecule has 0 bridgehead atoms. The number of hydrogen-bond donors (Lipinski definition) is 0. The molecule has 0 spiro atoms. The van der Waals surface area contributed by atoms with Crippen LogP contribution in [0.15, 0.2) is 10.9 Å². The molecule has 0 atom stereocenters. The van der Waals surface area contributed by atoms with Crippen LogP contribution in [-0.4, -0.2) is 19.7 Å². The molecule has 6 heteroatoms. The zero-order chi connectivity index (χ0) is 10.3. The monoisotopic (exact) mass is 274 g/mol. The summed E-state index contributed by atoms with van der Waals surface area (Å²) in [6, 6.07) is 0.245. The lowest BCUT2D eigenvalue weighted by molar-refractivity contribution is 0.543. The molecule has 0 aliphatic carbocycles. The minimum atomic E-state index is 0.245.